The molecule has 0 aliphatic rings. The largest absolute Gasteiger partial charge is 0.497 e. The van der Waals surface area contributed by atoms with E-state index in [9.17, 15) is 9.59 Å². The van der Waals surface area contributed by atoms with Crippen molar-refractivity contribution in [3.8, 4) is 5.75 Å². The van der Waals surface area contributed by atoms with Gasteiger partial charge in [-0.15, -0.1) is 0 Å². The molecule has 0 saturated heterocycles. The van der Waals surface area contributed by atoms with Crippen molar-refractivity contribution in [2.45, 2.75) is 47.0 Å². The first-order valence-corrected chi connectivity index (χ1v) is 12.3. The van der Waals surface area contributed by atoms with E-state index in [0.29, 0.717) is 35.1 Å². The molecule has 0 heterocycles. The van der Waals surface area contributed by atoms with Gasteiger partial charge >= 0.3 is 0 Å². The highest BCUT2D eigenvalue weighted by molar-refractivity contribution is 6.17. The Hall–Kier alpha value is -3.14. The molecule has 3 rings (SSSR count). The number of benzene rings is 3. The van der Waals surface area contributed by atoms with Crippen LogP contribution in [0.4, 0.5) is 0 Å². The summed E-state index contributed by atoms with van der Waals surface area (Å²) in [6.45, 7) is 10.3. The Kier molecular flexibility index (Phi) is 8.86. The lowest BCUT2D eigenvalue weighted by Gasteiger charge is -2.25. The zero-order valence-electron chi connectivity index (χ0n) is 21.1. The molecule has 1 amide bonds. The smallest absolute Gasteiger partial charge is 0.227 e. The van der Waals surface area contributed by atoms with Gasteiger partial charge in [0.25, 0.3) is 0 Å². The summed E-state index contributed by atoms with van der Waals surface area (Å²) in [7, 11) is 1.63. The second-order valence-corrected chi connectivity index (χ2v) is 9.80. The average molecular weight is 460 g/mol. The van der Waals surface area contributed by atoms with E-state index in [1.807, 2.05) is 65.6 Å². The van der Waals surface area contributed by atoms with E-state index in [1.165, 1.54) is 0 Å². The second kappa shape index (κ2) is 11.8. The van der Waals surface area contributed by atoms with Crippen molar-refractivity contribution in [2.24, 2.45) is 11.8 Å². The molecule has 0 unspecified atom stereocenters. The third-order valence-corrected chi connectivity index (χ3v) is 6.24. The Balaban J connectivity index is 1.96. The van der Waals surface area contributed by atoms with Crippen molar-refractivity contribution >= 4 is 22.5 Å². The number of ether oxygens (including phenoxy) is 1. The molecule has 3 aromatic rings. The fourth-order valence-corrected chi connectivity index (χ4v) is 4.08. The van der Waals surface area contributed by atoms with E-state index in [2.05, 4.69) is 27.7 Å². The number of hydrogen-bond donors (Lipinski definition) is 0. The number of methoxy groups -OCH3 is 1. The van der Waals surface area contributed by atoms with E-state index < -0.39 is 0 Å². The maximum Gasteiger partial charge on any atom is 0.227 e. The van der Waals surface area contributed by atoms with Crippen LogP contribution in [0.25, 0.3) is 10.8 Å². The first-order chi connectivity index (χ1) is 16.3. The molecule has 0 aromatic heterocycles. The third-order valence-electron chi connectivity index (χ3n) is 6.24. The maximum atomic E-state index is 13.4. The normalized spacial score (nSPS) is 11.3. The summed E-state index contributed by atoms with van der Waals surface area (Å²) in [5.41, 5.74) is 2.20. The number of hydrogen-bond acceptors (Lipinski definition) is 3. The van der Waals surface area contributed by atoms with Crippen LogP contribution in [0.2, 0.25) is 0 Å². The number of nitrogens with zero attached hydrogens (tertiary/aromatic N) is 1. The van der Waals surface area contributed by atoms with E-state index >= 15 is 0 Å². The van der Waals surface area contributed by atoms with Gasteiger partial charge in [0.2, 0.25) is 5.91 Å². The van der Waals surface area contributed by atoms with Crippen LogP contribution < -0.4 is 4.74 Å². The van der Waals surface area contributed by atoms with Crippen LogP contribution in [0, 0.1) is 11.8 Å². The highest BCUT2D eigenvalue weighted by Gasteiger charge is 2.19. The van der Waals surface area contributed by atoms with Crippen molar-refractivity contribution in [3.05, 3.63) is 77.4 Å². The van der Waals surface area contributed by atoms with E-state index in [4.69, 9.17) is 4.74 Å². The van der Waals surface area contributed by atoms with Crippen LogP contribution in [0.3, 0.4) is 0 Å². The number of ketones is 1. The monoisotopic (exact) mass is 459 g/mol. The van der Waals surface area contributed by atoms with Crippen LogP contribution >= 0.6 is 0 Å². The minimum Gasteiger partial charge on any atom is -0.497 e. The molecule has 0 N–H and O–H groups in total. The molecule has 0 aliphatic heterocycles. The Morgan fingerprint density at radius 3 is 2.06 bits per heavy atom. The summed E-state index contributed by atoms with van der Waals surface area (Å²) in [6, 6.07) is 18.8. The lowest BCUT2D eigenvalue weighted by atomic mass is 9.93. The third kappa shape index (κ3) is 6.47. The molecule has 4 nitrogen and oxygen atoms in total. The fourth-order valence-electron chi connectivity index (χ4n) is 4.08. The number of carbonyl (C=O) groups excluding carboxylic acids is 2. The van der Waals surface area contributed by atoms with Crippen molar-refractivity contribution in [3.63, 3.8) is 0 Å². The summed E-state index contributed by atoms with van der Waals surface area (Å²) in [4.78, 5) is 28.7. The Morgan fingerprint density at radius 2 is 1.47 bits per heavy atom. The first-order valence-electron chi connectivity index (χ1n) is 12.3. The van der Waals surface area contributed by atoms with E-state index in [-0.39, 0.29) is 11.7 Å². The number of amides is 1. The summed E-state index contributed by atoms with van der Waals surface area (Å²) in [5.74, 6) is 1.91. The van der Waals surface area contributed by atoms with Crippen molar-refractivity contribution in [1.29, 1.82) is 0 Å². The standard InChI is InChI=1S/C30H37NO3/c1-21(2)15-17-31(18-16-22(3)4)29(32)19-24-11-13-27(30(33)23-9-7-6-8-10-23)26-14-12-25(34-5)20-28(24)26/h6-14,20-22H,15-19H2,1-5H3. The fraction of sp³-hybridized carbons (Fsp3) is 0.400. The topological polar surface area (TPSA) is 46.6 Å². The molecule has 4 heteroatoms. The maximum absolute atomic E-state index is 13.4. The summed E-state index contributed by atoms with van der Waals surface area (Å²) >= 11 is 0. The van der Waals surface area contributed by atoms with Crippen molar-refractivity contribution in [1.82, 2.24) is 4.90 Å². The van der Waals surface area contributed by atoms with Gasteiger partial charge in [0, 0.05) is 24.2 Å². The highest BCUT2D eigenvalue weighted by atomic mass is 16.5. The van der Waals surface area contributed by atoms with Gasteiger partial charge < -0.3 is 9.64 Å². The predicted molar refractivity (Wildman–Crippen MR) is 140 cm³/mol. The second-order valence-electron chi connectivity index (χ2n) is 9.80. The lowest BCUT2D eigenvalue weighted by molar-refractivity contribution is -0.130. The summed E-state index contributed by atoms with van der Waals surface area (Å²) in [6.07, 6.45) is 2.28. The number of rotatable bonds is 11. The van der Waals surface area contributed by atoms with Crippen LogP contribution in [0.15, 0.2) is 60.7 Å². The van der Waals surface area contributed by atoms with Gasteiger partial charge in [-0.2, -0.15) is 0 Å². The Bertz CT molecular complexity index is 1110. The van der Waals surface area contributed by atoms with Gasteiger partial charge in [-0.05, 0) is 59.2 Å². The minimum absolute atomic E-state index is 0.0239. The Labute approximate surface area is 203 Å². The Morgan fingerprint density at radius 1 is 0.824 bits per heavy atom. The van der Waals surface area contributed by atoms with E-state index in [1.54, 1.807) is 7.11 Å². The van der Waals surface area contributed by atoms with Gasteiger partial charge in [0.05, 0.1) is 13.5 Å². The van der Waals surface area contributed by atoms with Gasteiger partial charge in [0.1, 0.15) is 5.75 Å². The first kappa shape index (κ1) is 25.5. The van der Waals surface area contributed by atoms with Gasteiger partial charge in [-0.25, -0.2) is 0 Å². The predicted octanol–water partition coefficient (Wildman–Crippen LogP) is 6.54. The minimum atomic E-state index is -0.0239. The van der Waals surface area contributed by atoms with E-state index in [0.717, 1.165) is 42.3 Å². The van der Waals surface area contributed by atoms with Gasteiger partial charge in [0.15, 0.2) is 5.78 Å². The highest BCUT2D eigenvalue weighted by Crippen LogP contribution is 2.29. The zero-order valence-corrected chi connectivity index (χ0v) is 21.1. The molecular weight excluding hydrogens is 422 g/mol. The molecule has 0 bridgehead atoms. The van der Waals surface area contributed by atoms with Crippen LogP contribution in [-0.2, 0) is 11.2 Å². The summed E-state index contributed by atoms with van der Waals surface area (Å²) < 4.78 is 5.46. The van der Waals surface area contributed by atoms with Gasteiger partial charge in [-0.3, -0.25) is 9.59 Å². The molecule has 0 atom stereocenters. The van der Waals surface area contributed by atoms with Crippen LogP contribution in [-0.4, -0.2) is 36.8 Å². The molecule has 180 valence electrons. The van der Waals surface area contributed by atoms with Crippen LogP contribution in [0.5, 0.6) is 5.75 Å². The SMILES string of the molecule is COc1ccc2c(C(=O)c3ccccc3)ccc(CC(=O)N(CCC(C)C)CCC(C)C)c2c1. The van der Waals surface area contributed by atoms with Gasteiger partial charge in [-0.1, -0.05) is 70.2 Å². The molecule has 0 fully saturated rings. The zero-order chi connectivity index (χ0) is 24.7. The molecule has 3 aromatic carbocycles. The molecule has 0 saturated carbocycles. The number of carbonyl (C=O) groups is 2. The molecular formula is C30H37NO3. The molecule has 0 spiro atoms. The average Bonchev–Trinajstić information content (AvgIpc) is 2.83. The number of fused-ring (bicyclic) bond motifs is 1. The van der Waals surface area contributed by atoms with Crippen molar-refractivity contribution in [2.75, 3.05) is 20.2 Å². The molecule has 34 heavy (non-hydrogen) atoms. The molecule has 0 radical (unpaired) electrons. The summed E-state index contributed by atoms with van der Waals surface area (Å²) in [5, 5.41) is 1.73. The van der Waals surface area contributed by atoms with Crippen LogP contribution in [0.1, 0.15) is 62.0 Å². The van der Waals surface area contributed by atoms with Crippen molar-refractivity contribution < 1.29 is 14.3 Å². The lowest BCUT2D eigenvalue weighted by Crippen LogP contribution is -2.35. The molecule has 0 aliphatic carbocycles. The quantitative estimate of drug-likeness (QED) is 0.306.